The number of morpholine rings is 1. The quantitative estimate of drug-likeness (QED) is 0.869. The average Bonchev–Trinajstić information content (AvgIpc) is 3.24. The van der Waals surface area contributed by atoms with Crippen molar-refractivity contribution in [1.82, 2.24) is 9.88 Å². The van der Waals surface area contributed by atoms with Gasteiger partial charge in [0.25, 0.3) is 5.91 Å². The molecule has 0 bridgehead atoms. The highest BCUT2D eigenvalue weighted by Gasteiger charge is 2.39. The van der Waals surface area contributed by atoms with Gasteiger partial charge in [-0.05, 0) is 24.8 Å². The van der Waals surface area contributed by atoms with Crippen molar-refractivity contribution in [2.45, 2.75) is 37.8 Å². The molecule has 5 heteroatoms. The Bertz CT molecular complexity index is 685. The lowest BCUT2D eigenvalue weighted by Gasteiger charge is -2.37. The monoisotopic (exact) mass is 328 g/mol. The van der Waals surface area contributed by atoms with E-state index in [9.17, 15) is 4.79 Å². The van der Waals surface area contributed by atoms with Crippen molar-refractivity contribution in [2.24, 2.45) is 0 Å². The molecule has 2 atom stereocenters. The van der Waals surface area contributed by atoms with Gasteiger partial charge in [-0.25, -0.2) is 4.98 Å². The van der Waals surface area contributed by atoms with E-state index < -0.39 is 0 Å². The molecule has 0 N–H and O–H groups in total. The fourth-order valence-corrected chi connectivity index (χ4v) is 4.39. The summed E-state index contributed by atoms with van der Waals surface area (Å²) < 4.78 is 5.79. The summed E-state index contributed by atoms with van der Waals surface area (Å²) >= 11 is 1.57. The molecular weight excluding hydrogens is 308 g/mol. The third-order valence-electron chi connectivity index (χ3n) is 4.71. The van der Waals surface area contributed by atoms with E-state index in [0.29, 0.717) is 18.8 Å². The summed E-state index contributed by atoms with van der Waals surface area (Å²) in [6, 6.07) is 10.5. The van der Waals surface area contributed by atoms with E-state index in [1.165, 1.54) is 5.56 Å². The first-order chi connectivity index (χ1) is 11.3. The summed E-state index contributed by atoms with van der Waals surface area (Å²) in [5.74, 6) is 0.0701. The van der Waals surface area contributed by atoms with Crippen LogP contribution in [0.4, 0.5) is 0 Å². The van der Waals surface area contributed by atoms with Gasteiger partial charge in [0.2, 0.25) is 0 Å². The molecule has 2 aliphatic rings. The molecule has 1 aliphatic heterocycles. The van der Waals surface area contributed by atoms with Gasteiger partial charge in [-0.3, -0.25) is 4.79 Å². The number of benzene rings is 1. The van der Waals surface area contributed by atoms with Gasteiger partial charge in [-0.2, -0.15) is 0 Å². The number of carbonyl (C=O) groups is 1. The first kappa shape index (κ1) is 14.8. The van der Waals surface area contributed by atoms with E-state index in [2.05, 4.69) is 17.1 Å². The summed E-state index contributed by atoms with van der Waals surface area (Å²) in [5.41, 5.74) is 1.82. The minimum absolute atomic E-state index is 0.0701. The van der Waals surface area contributed by atoms with Gasteiger partial charge in [0.15, 0.2) is 0 Å². The van der Waals surface area contributed by atoms with Crippen molar-refractivity contribution in [2.75, 3.05) is 13.2 Å². The minimum atomic E-state index is 0.0701. The van der Waals surface area contributed by atoms with Crippen molar-refractivity contribution in [3.8, 4) is 0 Å². The molecule has 1 aromatic heterocycles. The van der Waals surface area contributed by atoms with Gasteiger partial charge in [0, 0.05) is 18.3 Å². The lowest BCUT2D eigenvalue weighted by atomic mass is 10.1. The molecule has 1 aliphatic carbocycles. The predicted molar refractivity (Wildman–Crippen MR) is 89.8 cm³/mol. The molecule has 0 radical (unpaired) electrons. The molecule has 120 valence electrons. The number of carbonyl (C=O) groups excluding carboxylic acids is 1. The molecule has 0 spiro atoms. The Morgan fingerprint density at radius 1 is 1.30 bits per heavy atom. The van der Waals surface area contributed by atoms with Crippen LogP contribution in [-0.2, 0) is 11.2 Å². The molecule has 2 aromatic rings. The molecule has 0 unspecified atom stereocenters. The summed E-state index contributed by atoms with van der Waals surface area (Å²) in [6.07, 6.45) is 4.29. The highest BCUT2D eigenvalue weighted by atomic mass is 32.1. The van der Waals surface area contributed by atoms with Crippen molar-refractivity contribution in [1.29, 1.82) is 0 Å². The topological polar surface area (TPSA) is 42.4 Å². The van der Waals surface area contributed by atoms with Crippen molar-refractivity contribution >= 4 is 17.2 Å². The standard InChI is InChI=1S/C18H20N2O2S/c21-18(20-9-10-22-16-8-4-7-15(16)20)14-12-23-17(19-14)11-13-5-2-1-3-6-13/h1-3,5-6,12,15-16H,4,7-11H2/t15-,16-/m0/s1. The SMILES string of the molecule is O=C(c1csc(Cc2ccccc2)n1)N1CCO[C@H]2CCC[C@@H]21. The minimum Gasteiger partial charge on any atom is -0.374 e. The van der Waals surface area contributed by atoms with Crippen molar-refractivity contribution in [3.63, 3.8) is 0 Å². The number of aromatic nitrogens is 1. The van der Waals surface area contributed by atoms with Gasteiger partial charge in [-0.1, -0.05) is 30.3 Å². The van der Waals surface area contributed by atoms with Crippen LogP contribution in [0.2, 0.25) is 0 Å². The molecule has 1 saturated carbocycles. The molecule has 4 nitrogen and oxygen atoms in total. The Balaban J connectivity index is 1.48. The van der Waals surface area contributed by atoms with E-state index >= 15 is 0 Å². The Labute approximate surface area is 140 Å². The van der Waals surface area contributed by atoms with E-state index in [-0.39, 0.29) is 18.1 Å². The maximum absolute atomic E-state index is 12.8. The van der Waals surface area contributed by atoms with Gasteiger partial charge in [0.05, 0.1) is 23.8 Å². The van der Waals surface area contributed by atoms with Crippen LogP contribution < -0.4 is 0 Å². The zero-order chi connectivity index (χ0) is 15.6. The number of thiazole rings is 1. The second-order valence-electron chi connectivity index (χ2n) is 6.19. The number of rotatable bonds is 3. The maximum Gasteiger partial charge on any atom is 0.273 e. The van der Waals surface area contributed by atoms with Crippen LogP contribution in [0.3, 0.4) is 0 Å². The van der Waals surface area contributed by atoms with Crippen LogP contribution in [0.25, 0.3) is 0 Å². The van der Waals surface area contributed by atoms with Crippen LogP contribution >= 0.6 is 11.3 Å². The second-order valence-corrected chi connectivity index (χ2v) is 7.14. The molecule has 2 heterocycles. The van der Waals surface area contributed by atoms with E-state index in [1.54, 1.807) is 11.3 Å². The molecule has 23 heavy (non-hydrogen) atoms. The number of ether oxygens (including phenoxy) is 1. The fourth-order valence-electron chi connectivity index (χ4n) is 3.59. The summed E-state index contributed by atoms with van der Waals surface area (Å²) in [5, 5.41) is 2.90. The first-order valence-corrected chi connectivity index (χ1v) is 9.10. The van der Waals surface area contributed by atoms with Crippen LogP contribution in [0, 0.1) is 0 Å². The number of nitrogens with zero attached hydrogens (tertiary/aromatic N) is 2. The van der Waals surface area contributed by atoms with E-state index in [1.807, 2.05) is 28.5 Å². The van der Waals surface area contributed by atoms with Crippen LogP contribution in [0.5, 0.6) is 0 Å². The molecule has 1 saturated heterocycles. The fraction of sp³-hybridized carbons (Fsp3) is 0.444. The molecule has 1 aromatic carbocycles. The van der Waals surface area contributed by atoms with Gasteiger partial charge in [-0.15, -0.1) is 11.3 Å². The molecule has 2 fully saturated rings. The lowest BCUT2D eigenvalue weighted by Crippen LogP contribution is -2.51. The van der Waals surface area contributed by atoms with Gasteiger partial charge >= 0.3 is 0 Å². The van der Waals surface area contributed by atoms with E-state index in [0.717, 1.165) is 30.7 Å². The molecule has 1 amide bonds. The number of fused-ring (bicyclic) bond motifs is 1. The zero-order valence-electron chi connectivity index (χ0n) is 13.0. The zero-order valence-corrected chi connectivity index (χ0v) is 13.8. The Morgan fingerprint density at radius 3 is 3.04 bits per heavy atom. The number of hydrogen-bond acceptors (Lipinski definition) is 4. The Hall–Kier alpha value is -1.72. The maximum atomic E-state index is 12.8. The Morgan fingerprint density at radius 2 is 2.17 bits per heavy atom. The highest BCUT2D eigenvalue weighted by Crippen LogP contribution is 2.30. The Kier molecular flexibility index (Phi) is 4.14. The van der Waals surface area contributed by atoms with Crippen LogP contribution in [0.15, 0.2) is 35.7 Å². The van der Waals surface area contributed by atoms with Crippen molar-refractivity contribution < 1.29 is 9.53 Å². The summed E-state index contributed by atoms with van der Waals surface area (Å²) in [7, 11) is 0. The largest absolute Gasteiger partial charge is 0.374 e. The van der Waals surface area contributed by atoms with Gasteiger partial charge < -0.3 is 9.64 Å². The predicted octanol–water partition coefficient (Wildman–Crippen LogP) is 3.13. The van der Waals surface area contributed by atoms with E-state index in [4.69, 9.17) is 4.74 Å². The van der Waals surface area contributed by atoms with Crippen LogP contribution in [-0.4, -0.2) is 41.1 Å². The highest BCUT2D eigenvalue weighted by molar-refractivity contribution is 7.09. The third-order valence-corrected chi connectivity index (χ3v) is 5.56. The van der Waals surface area contributed by atoms with Crippen LogP contribution in [0.1, 0.15) is 40.3 Å². The smallest absolute Gasteiger partial charge is 0.273 e. The normalized spacial score (nSPS) is 23.7. The third kappa shape index (κ3) is 3.03. The van der Waals surface area contributed by atoms with Gasteiger partial charge in [0.1, 0.15) is 5.69 Å². The second kappa shape index (κ2) is 6.42. The first-order valence-electron chi connectivity index (χ1n) is 8.22. The lowest BCUT2D eigenvalue weighted by molar-refractivity contribution is -0.0447. The number of hydrogen-bond donors (Lipinski definition) is 0. The van der Waals surface area contributed by atoms with Crippen molar-refractivity contribution in [3.05, 3.63) is 52.0 Å². The molecule has 4 rings (SSSR count). The number of amides is 1. The summed E-state index contributed by atoms with van der Waals surface area (Å²) in [4.78, 5) is 19.4. The molecular formula is C18H20N2O2S. The summed E-state index contributed by atoms with van der Waals surface area (Å²) in [6.45, 7) is 1.33. The average molecular weight is 328 g/mol.